The molecule has 16 nitrogen and oxygen atoms in total. The number of hydrogen-bond acceptors (Lipinski definition) is 14. The number of H-pyrrole nitrogens is 2. The average Bonchev–Trinajstić information content (AvgIpc) is 3.60. The van der Waals surface area contributed by atoms with Crippen LogP contribution in [0.1, 0.15) is 49.5 Å². The summed E-state index contributed by atoms with van der Waals surface area (Å²) in [6.45, 7) is 11.2. The Morgan fingerprint density at radius 1 is 0.532 bits per heavy atom. The number of nitrogens with zero attached hydrogens (tertiary/aromatic N) is 11. The summed E-state index contributed by atoms with van der Waals surface area (Å²) in [5, 5.41) is 22.7. The fraction of sp³-hybridized carbons (Fsp3) is 0.206. The highest BCUT2D eigenvalue weighted by Crippen LogP contribution is 2.35. The zero-order chi connectivity index (χ0) is 54.5. The SMILES string of the molecule is CC.N#Cc1nccc(N2CCN(Cc3ccc(-c4nc5cc[nH]c(=O)c5cc4-c4ccccc4)cc3)CC2)n1.N#Cc1nccc(NC2CCN(Cc3ccc(-c4nc5cc[nH]c(=O)c5cc4-c4ccccc4)cc3)CC2)n1. The Morgan fingerprint density at radius 3 is 1.49 bits per heavy atom. The smallest absolute Gasteiger partial charge is 0.257 e. The molecule has 0 amide bonds. The third-order valence-corrected chi connectivity index (χ3v) is 14.1. The van der Waals surface area contributed by atoms with Gasteiger partial charge in [0.1, 0.15) is 23.8 Å². The van der Waals surface area contributed by atoms with E-state index in [-0.39, 0.29) is 22.8 Å². The van der Waals surface area contributed by atoms with Gasteiger partial charge in [-0.1, -0.05) is 123 Å². The van der Waals surface area contributed by atoms with E-state index in [9.17, 15) is 9.59 Å². The minimum absolute atomic E-state index is 0.137. The molecular formula is C63H58N14O2. The fourth-order valence-electron chi connectivity index (χ4n) is 10.0. The number of nitriles is 2. The first-order chi connectivity index (χ1) is 38.8. The number of rotatable bonds is 11. The van der Waals surface area contributed by atoms with Crippen LogP contribution in [0.25, 0.3) is 66.6 Å². The topological polar surface area (TPSA) is 212 Å². The van der Waals surface area contributed by atoms with Gasteiger partial charge < -0.3 is 20.2 Å². The normalized spacial score (nSPS) is 13.8. The summed E-state index contributed by atoms with van der Waals surface area (Å²) in [5.41, 5.74) is 11.2. The van der Waals surface area contributed by atoms with Gasteiger partial charge in [0.2, 0.25) is 11.6 Å². The summed E-state index contributed by atoms with van der Waals surface area (Å²) >= 11 is 0. The molecule has 3 N–H and O–H groups in total. The number of likely N-dealkylation sites (tertiary alicyclic amines) is 1. The number of piperazine rings is 1. The Balaban J connectivity index is 0.000000173. The van der Waals surface area contributed by atoms with Gasteiger partial charge >= 0.3 is 0 Å². The zero-order valence-electron chi connectivity index (χ0n) is 44.1. The van der Waals surface area contributed by atoms with E-state index in [1.54, 1.807) is 30.9 Å². The number of benzene rings is 4. The van der Waals surface area contributed by atoms with Crippen molar-refractivity contribution in [3.8, 4) is 56.9 Å². The summed E-state index contributed by atoms with van der Waals surface area (Å²) in [6.07, 6.45) is 8.54. The van der Waals surface area contributed by atoms with E-state index in [2.05, 4.69) is 98.5 Å². The first-order valence-corrected chi connectivity index (χ1v) is 26.6. The highest BCUT2D eigenvalue weighted by atomic mass is 16.1. The molecule has 2 aliphatic heterocycles. The molecule has 79 heavy (non-hydrogen) atoms. The van der Waals surface area contributed by atoms with Crippen LogP contribution >= 0.6 is 0 Å². The Bertz CT molecular complexity index is 3900. The fourth-order valence-corrected chi connectivity index (χ4v) is 10.0. The van der Waals surface area contributed by atoms with Crippen molar-refractivity contribution in [3.63, 3.8) is 0 Å². The summed E-state index contributed by atoms with van der Waals surface area (Å²) in [7, 11) is 0. The first-order valence-electron chi connectivity index (χ1n) is 26.6. The van der Waals surface area contributed by atoms with Gasteiger partial charge in [0.15, 0.2) is 0 Å². The maximum absolute atomic E-state index is 12.5. The number of hydrogen-bond donors (Lipinski definition) is 3. The summed E-state index contributed by atoms with van der Waals surface area (Å²) in [6, 6.07) is 52.8. The molecule has 2 fully saturated rings. The van der Waals surface area contributed by atoms with Crippen molar-refractivity contribution in [2.75, 3.05) is 49.5 Å². The Labute approximate surface area is 457 Å². The number of pyridine rings is 4. The number of aromatic amines is 2. The average molecular weight is 1040 g/mol. The molecule has 2 aliphatic rings. The van der Waals surface area contributed by atoms with E-state index >= 15 is 0 Å². The maximum atomic E-state index is 12.5. The number of aromatic nitrogens is 8. The van der Waals surface area contributed by atoms with Crippen molar-refractivity contribution in [1.82, 2.24) is 49.7 Å². The second kappa shape index (κ2) is 24.9. The van der Waals surface area contributed by atoms with Crippen molar-refractivity contribution in [2.24, 2.45) is 0 Å². The minimum atomic E-state index is -0.139. The Kier molecular flexibility index (Phi) is 16.6. The predicted octanol–water partition coefficient (Wildman–Crippen LogP) is 10.3. The lowest BCUT2D eigenvalue weighted by molar-refractivity contribution is 0.211. The number of fused-ring (bicyclic) bond motifs is 2. The molecule has 8 heterocycles. The Hall–Kier alpha value is -9.74. The summed E-state index contributed by atoms with van der Waals surface area (Å²) in [5.74, 6) is 1.90. The second-order valence-corrected chi connectivity index (χ2v) is 19.1. The van der Waals surface area contributed by atoms with Gasteiger partial charge in [0.05, 0.1) is 33.2 Å². The van der Waals surface area contributed by atoms with Crippen LogP contribution in [0.5, 0.6) is 0 Å². The van der Waals surface area contributed by atoms with Crippen molar-refractivity contribution in [3.05, 3.63) is 214 Å². The van der Waals surface area contributed by atoms with Gasteiger partial charge in [-0.05, 0) is 71.5 Å². The molecule has 392 valence electrons. The highest BCUT2D eigenvalue weighted by Gasteiger charge is 2.22. The number of piperidine rings is 1. The molecule has 0 aliphatic carbocycles. The van der Waals surface area contributed by atoms with Crippen molar-refractivity contribution in [2.45, 2.75) is 45.8 Å². The molecule has 0 atom stereocenters. The molecule has 4 aromatic carbocycles. The van der Waals surface area contributed by atoms with Crippen LogP contribution < -0.4 is 21.3 Å². The van der Waals surface area contributed by atoms with E-state index in [0.29, 0.717) is 33.7 Å². The molecule has 0 radical (unpaired) electrons. The maximum Gasteiger partial charge on any atom is 0.257 e. The molecule has 0 spiro atoms. The molecule has 6 aromatic heterocycles. The van der Waals surface area contributed by atoms with Crippen LogP contribution in [0.2, 0.25) is 0 Å². The van der Waals surface area contributed by atoms with Gasteiger partial charge in [-0.2, -0.15) is 10.5 Å². The van der Waals surface area contributed by atoms with E-state index in [1.165, 1.54) is 11.1 Å². The first kappa shape index (κ1) is 52.7. The molecule has 0 bridgehead atoms. The monoisotopic (exact) mass is 1040 g/mol. The Morgan fingerprint density at radius 2 is 1.00 bits per heavy atom. The van der Waals surface area contributed by atoms with E-state index < -0.39 is 0 Å². The van der Waals surface area contributed by atoms with Gasteiger partial charge in [0.25, 0.3) is 11.1 Å². The van der Waals surface area contributed by atoms with Crippen LogP contribution in [0.4, 0.5) is 11.6 Å². The zero-order valence-corrected chi connectivity index (χ0v) is 44.1. The standard InChI is InChI=1S/C31H27N7O.C30H25N7O.C2H6/c32-19-29-33-15-11-28(37-29)35-24-12-16-38(17-13-24)20-21-6-8-23(9-7-21)30-25(22-4-2-1-3-5-22)18-26-27(36-30)10-14-34-31(26)39;31-19-27-32-13-11-28(35-27)37-16-14-36(15-17-37)20-21-6-8-23(9-7-21)29-24(22-4-2-1-3-5-22)18-25-26(34-29)10-12-33-30(25)38;1-2/h1-11,14-15,18,24H,12-13,16-17,20H2,(H,34,39)(H,33,35,37);1-13,18H,14-17,20H2,(H,33,38);1-2H3. The molecule has 2 saturated heterocycles. The molecule has 16 heteroatoms. The van der Waals surface area contributed by atoms with Crippen LogP contribution in [0.3, 0.4) is 0 Å². The molecule has 12 rings (SSSR count). The largest absolute Gasteiger partial charge is 0.367 e. The van der Waals surface area contributed by atoms with Crippen molar-refractivity contribution < 1.29 is 0 Å². The summed E-state index contributed by atoms with van der Waals surface area (Å²) in [4.78, 5) is 63.8. The van der Waals surface area contributed by atoms with Gasteiger partial charge in [-0.25, -0.2) is 29.9 Å². The third kappa shape index (κ3) is 12.6. The summed E-state index contributed by atoms with van der Waals surface area (Å²) < 4.78 is 0. The van der Waals surface area contributed by atoms with Gasteiger partial charge in [-0.3, -0.25) is 19.4 Å². The van der Waals surface area contributed by atoms with Crippen LogP contribution in [-0.4, -0.2) is 95.0 Å². The van der Waals surface area contributed by atoms with Crippen LogP contribution in [-0.2, 0) is 13.1 Å². The second-order valence-electron chi connectivity index (χ2n) is 19.1. The highest BCUT2D eigenvalue weighted by molar-refractivity contribution is 5.92. The van der Waals surface area contributed by atoms with Gasteiger partial charge in [-0.15, -0.1) is 0 Å². The van der Waals surface area contributed by atoms with E-state index in [1.807, 2.05) is 117 Å². The molecule has 0 unspecified atom stereocenters. The van der Waals surface area contributed by atoms with Crippen molar-refractivity contribution >= 4 is 33.4 Å². The number of anilines is 2. The lowest BCUT2D eigenvalue weighted by Gasteiger charge is -2.35. The quantitative estimate of drug-likeness (QED) is 0.110. The molecule has 0 saturated carbocycles. The lowest BCUT2D eigenvalue weighted by Crippen LogP contribution is -2.46. The van der Waals surface area contributed by atoms with Gasteiger partial charge in [0, 0.05) is 105 Å². The third-order valence-electron chi connectivity index (χ3n) is 14.1. The number of nitrogens with one attached hydrogen (secondary N) is 3. The lowest BCUT2D eigenvalue weighted by atomic mass is 9.97. The van der Waals surface area contributed by atoms with Crippen LogP contribution in [0.15, 0.2) is 180 Å². The van der Waals surface area contributed by atoms with E-state index in [0.717, 1.165) is 116 Å². The minimum Gasteiger partial charge on any atom is -0.367 e. The van der Waals surface area contributed by atoms with Crippen LogP contribution in [0, 0.1) is 22.7 Å². The van der Waals surface area contributed by atoms with E-state index in [4.69, 9.17) is 20.5 Å². The van der Waals surface area contributed by atoms with Crippen molar-refractivity contribution in [1.29, 1.82) is 10.5 Å². The molecule has 10 aromatic rings. The predicted molar refractivity (Wildman–Crippen MR) is 311 cm³/mol. The molecular weight excluding hydrogens is 985 g/mol.